The number of ether oxygens (including phenoxy) is 2. The Bertz CT molecular complexity index is 351. The molecule has 0 saturated heterocycles. The van der Waals surface area contributed by atoms with Crippen LogP contribution in [0.1, 0.15) is 26.3 Å². The average Bonchev–Trinajstić information content (AvgIpc) is 2.15. The smallest absolute Gasteiger partial charge is 0.203 e. The van der Waals surface area contributed by atoms with Gasteiger partial charge in [-0.25, -0.2) is 0 Å². The largest absolute Gasteiger partial charge is 0.504 e. The highest BCUT2D eigenvalue weighted by atomic mass is 16.5. The van der Waals surface area contributed by atoms with Crippen molar-refractivity contribution in [2.45, 2.75) is 26.2 Å². The van der Waals surface area contributed by atoms with Crippen molar-refractivity contribution in [3.05, 3.63) is 17.7 Å². The predicted molar refractivity (Wildman–Crippen MR) is 59.9 cm³/mol. The number of rotatable bonds is 2. The van der Waals surface area contributed by atoms with E-state index in [1.165, 1.54) is 7.11 Å². The van der Waals surface area contributed by atoms with Crippen LogP contribution in [0.3, 0.4) is 0 Å². The van der Waals surface area contributed by atoms with Crippen molar-refractivity contribution in [2.75, 3.05) is 14.2 Å². The third-order valence-electron chi connectivity index (χ3n) is 2.33. The van der Waals surface area contributed by atoms with Crippen molar-refractivity contribution in [3.63, 3.8) is 0 Å². The van der Waals surface area contributed by atoms with E-state index in [2.05, 4.69) is 20.8 Å². The molecular weight excluding hydrogens is 192 g/mol. The molecule has 3 heteroatoms. The summed E-state index contributed by atoms with van der Waals surface area (Å²) < 4.78 is 10.2. The molecule has 1 N–H and O–H groups in total. The van der Waals surface area contributed by atoms with E-state index in [9.17, 15) is 5.11 Å². The summed E-state index contributed by atoms with van der Waals surface area (Å²) >= 11 is 0. The van der Waals surface area contributed by atoms with Crippen molar-refractivity contribution in [2.24, 2.45) is 0 Å². The van der Waals surface area contributed by atoms with Crippen LogP contribution in [0.5, 0.6) is 17.2 Å². The van der Waals surface area contributed by atoms with E-state index in [0.29, 0.717) is 11.5 Å². The first-order chi connectivity index (χ1) is 6.90. The number of benzene rings is 1. The Morgan fingerprint density at radius 3 is 2.07 bits per heavy atom. The minimum Gasteiger partial charge on any atom is -0.504 e. The van der Waals surface area contributed by atoms with Gasteiger partial charge in [0.15, 0.2) is 11.5 Å². The van der Waals surface area contributed by atoms with Crippen LogP contribution in [0.4, 0.5) is 0 Å². The molecule has 0 aromatic heterocycles. The summed E-state index contributed by atoms with van der Waals surface area (Å²) in [5.74, 6) is 1.05. The van der Waals surface area contributed by atoms with Crippen molar-refractivity contribution in [3.8, 4) is 17.2 Å². The van der Waals surface area contributed by atoms with Crippen molar-refractivity contribution in [1.29, 1.82) is 0 Å². The number of phenolic OH excluding ortho intramolecular Hbond substituents is 1. The van der Waals surface area contributed by atoms with Gasteiger partial charge in [-0.15, -0.1) is 0 Å². The van der Waals surface area contributed by atoms with E-state index >= 15 is 0 Å². The highest BCUT2D eigenvalue weighted by Gasteiger charge is 2.19. The number of aromatic hydroxyl groups is 1. The van der Waals surface area contributed by atoms with Crippen LogP contribution in [-0.4, -0.2) is 19.3 Å². The summed E-state index contributed by atoms with van der Waals surface area (Å²) in [6, 6.07) is 3.60. The first-order valence-corrected chi connectivity index (χ1v) is 4.85. The van der Waals surface area contributed by atoms with Crippen molar-refractivity contribution >= 4 is 0 Å². The summed E-state index contributed by atoms with van der Waals surface area (Å²) in [5.41, 5.74) is 0.981. The van der Waals surface area contributed by atoms with Crippen LogP contribution < -0.4 is 9.47 Å². The minimum absolute atomic E-state index is 0.0307. The first kappa shape index (κ1) is 11.7. The Hall–Kier alpha value is -1.38. The third-order valence-corrected chi connectivity index (χ3v) is 2.33. The zero-order valence-corrected chi connectivity index (χ0v) is 9.92. The van der Waals surface area contributed by atoms with E-state index in [1.807, 2.05) is 6.07 Å². The quantitative estimate of drug-likeness (QED) is 0.815. The first-order valence-electron chi connectivity index (χ1n) is 4.85. The van der Waals surface area contributed by atoms with Gasteiger partial charge in [-0.1, -0.05) is 20.8 Å². The van der Waals surface area contributed by atoms with Gasteiger partial charge in [0.05, 0.1) is 14.2 Å². The summed E-state index contributed by atoms with van der Waals surface area (Å²) in [6.07, 6.45) is 0. The highest BCUT2D eigenvalue weighted by molar-refractivity contribution is 5.54. The summed E-state index contributed by atoms with van der Waals surface area (Å²) in [5, 5.41) is 9.76. The molecule has 0 aliphatic heterocycles. The minimum atomic E-state index is -0.0307. The SMILES string of the molecule is COc1cc(C(C)(C)C)cc(O)c1OC. The van der Waals surface area contributed by atoms with Gasteiger partial charge in [-0.05, 0) is 23.1 Å². The molecule has 0 spiro atoms. The Kier molecular flexibility index (Phi) is 3.12. The van der Waals surface area contributed by atoms with E-state index in [4.69, 9.17) is 9.47 Å². The lowest BCUT2D eigenvalue weighted by atomic mass is 9.86. The molecule has 0 unspecified atom stereocenters. The zero-order valence-electron chi connectivity index (χ0n) is 9.92. The second-order valence-electron chi connectivity index (χ2n) is 4.48. The van der Waals surface area contributed by atoms with Crippen LogP contribution in [0, 0.1) is 0 Å². The maximum Gasteiger partial charge on any atom is 0.203 e. The van der Waals surface area contributed by atoms with E-state index in [0.717, 1.165) is 5.56 Å². The van der Waals surface area contributed by atoms with Crippen LogP contribution in [0.25, 0.3) is 0 Å². The lowest BCUT2D eigenvalue weighted by Gasteiger charge is -2.21. The van der Waals surface area contributed by atoms with E-state index < -0.39 is 0 Å². The fourth-order valence-corrected chi connectivity index (χ4v) is 1.38. The fraction of sp³-hybridized carbons (Fsp3) is 0.500. The molecule has 0 fully saturated rings. The van der Waals surface area contributed by atoms with Gasteiger partial charge >= 0.3 is 0 Å². The number of hydrogen-bond acceptors (Lipinski definition) is 3. The molecule has 0 saturated carbocycles. The van der Waals surface area contributed by atoms with Crippen LogP contribution in [0.2, 0.25) is 0 Å². The van der Waals surface area contributed by atoms with Crippen LogP contribution in [0.15, 0.2) is 12.1 Å². The normalized spacial score (nSPS) is 11.3. The molecule has 0 aliphatic rings. The van der Waals surface area contributed by atoms with Crippen LogP contribution >= 0.6 is 0 Å². The van der Waals surface area contributed by atoms with Gasteiger partial charge < -0.3 is 14.6 Å². The van der Waals surface area contributed by atoms with Gasteiger partial charge in [0.1, 0.15) is 0 Å². The second-order valence-corrected chi connectivity index (χ2v) is 4.48. The highest BCUT2D eigenvalue weighted by Crippen LogP contribution is 2.40. The summed E-state index contributed by atoms with van der Waals surface area (Å²) in [4.78, 5) is 0. The van der Waals surface area contributed by atoms with Gasteiger partial charge in [-0.3, -0.25) is 0 Å². The van der Waals surface area contributed by atoms with E-state index in [1.54, 1.807) is 13.2 Å². The lowest BCUT2D eigenvalue weighted by Crippen LogP contribution is -2.11. The lowest BCUT2D eigenvalue weighted by molar-refractivity contribution is 0.331. The zero-order chi connectivity index (χ0) is 11.6. The molecule has 1 aromatic rings. The monoisotopic (exact) mass is 210 g/mol. The predicted octanol–water partition coefficient (Wildman–Crippen LogP) is 2.71. The molecule has 3 nitrogen and oxygen atoms in total. The maximum absolute atomic E-state index is 9.76. The molecule has 1 aromatic carbocycles. The van der Waals surface area contributed by atoms with Gasteiger partial charge in [0, 0.05) is 0 Å². The van der Waals surface area contributed by atoms with Crippen molar-refractivity contribution in [1.82, 2.24) is 0 Å². The van der Waals surface area contributed by atoms with Gasteiger partial charge in [0.25, 0.3) is 0 Å². The Morgan fingerprint density at radius 1 is 1.07 bits per heavy atom. The molecule has 0 radical (unpaired) electrons. The number of hydrogen-bond donors (Lipinski definition) is 1. The van der Waals surface area contributed by atoms with Crippen molar-refractivity contribution < 1.29 is 14.6 Å². The van der Waals surface area contributed by atoms with Crippen LogP contribution in [-0.2, 0) is 5.41 Å². The Morgan fingerprint density at radius 2 is 1.67 bits per heavy atom. The molecule has 1 rings (SSSR count). The Labute approximate surface area is 90.6 Å². The standard InChI is InChI=1S/C12H18O3/c1-12(2,3)8-6-9(13)11(15-5)10(7-8)14-4/h6-7,13H,1-5H3. The fourth-order valence-electron chi connectivity index (χ4n) is 1.38. The molecule has 0 heterocycles. The number of methoxy groups -OCH3 is 2. The van der Waals surface area contributed by atoms with Gasteiger partial charge in [0.2, 0.25) is 5.75 Å². The third kappa shape index (κ3) is 2.35. The molecule has 0 bridgehead atoms. The Balaban J connectivity index is 3.32. The second kappa shape index (κ2) is 4.01. The molecular formula is C12H18O3. The number of phenols is 1. The molecule has 0 atom stereocenters. The topological polar surface area (TPSA) is 38.7 Å². The maximum atomic E-state index is 9.76. The molecule has 84 valence electrons. The average molecular weight is 210 g/mol. The van der Waals surface area contributed by atoms with Gasteiger partial charge in [-0.2, -0.15) is 0 Å². The summed E-state index contributed by atoms with van der Waals surface area (Å²) in [6.45, 7) is 6.23. The van der Waals surface area contributed by atoms with E-state index in [-0.39, 0.29) is 11.2 Å². The molecule has 0 aliphatic carbocycles. The molecule has 0 amide bonds. The molecule has 15 heavy (non-hydrogen) atoms. The summed E-state index contributed by atoms with van der Waals surface area (Å²) in [7, 11) is 3.07.